The van der Waals surface area contributed by atoms with Crippen LogP contribution in [0.2, 0.25) is 0 Å². The number of rotatable bonds is 4. The van der Waals surface area contributed by atoms with Crippen LogP contribution >= 0.6 is 0 Å². The van der Waals surface area contributed by atoms with Gasteiger partial charge in [0, 0.05) is 19.6 Å². The van der Waals surface area contributed by atoms with Crippen LogP contribution in [0.15, 0.2) is 0 Å². The Hall–Kier alpha value is -0.0800. The molecule has 2 unspecified atom stereocenters. The van der Waals surface area contributed by atoms with E-state index >= 15 is 0 Å². The number of hydrogen-bond donors (Lipinski definition) is 1. The fourth-order valence-corrected chi connectivity index (χ4v) is 3.46. The van der Waals surface area contributed by atoms with Gasteiger partial charge < -0.3 is 10.2 Å². The summed E-state index contributed by atoms with van der Waals surface area (Å²) < 4.78 is 0. The number of nitrogens with one attached hydrogen (secondary N) is 1. The number of hydrogen-bond acceptors (Lipinski definition) is 2. The predicted octanol–water partition coefficient (Wildman–Crippen LogP) is 2.74. The second kappa shape index (κ2) is 5.71. The summed E-state index contributed by atoms with van der Waals surface area (Å²) in [6.45, 7) is 13.5. The van der Waals surface area contributed by atoms with Gasteiger partial charge in [-0.05, 0) is 49.6 Å². The minimum Gasteiger partial charge on any atom is -0.316 e. The van der Waals surface area contributed by atoms with Crippen LogP contribution in [-0.2, 0) is 0 Å². The molecule has 2 heteroatoms. The highest BCUT2D eigenvalue weighted by Crippen LogP contribution is 2.50. The third-order valence-corrected chi connectivity index (χ3v) is 4.42. The van der Waals surface area contributed by atoms with Gasteiger partial charge in [0.15, 0.2) is 0 Å². The van der Waals surface area contributed by atoms with Crippen LogP contribution in [0, 0.1) is 17.3 Å². The third-order valence-electron chi connectivity index (χ3n) is 4.42. The van der Waals surface area contributed by atoms with Gasteiger partial charge in [0.05, 0.1) is 0 Å². The topological polar surface area (TPSA) is 15.3 Å². The molecule has 17 heavy (non-hydrogen) atoms. The zero-order valence-electron chi connectivity index (χ0n) is 12.0. The van der Waals surface area contributed by atoms with E-state index in [1.807, 2.05) is 0 Å². The average Bonchev–Trinajstić information content (AvgIpc) is 2.96. The lowest BCUT2D eigenvalue weighted by Crippen LogP contribution is -2.44. The fraction of sp³-hybridized carbons (Fsp3) is 1.00. The molecule has 1 saturated heterocycles. The maximum Gasteiger partial charge on any atom is 0.00382 e. The van der Waals surface area contributed by atoms with Gasteiger partial charge in [-0.1, -0.05) is 27.2 Å². The van der Waals surface area contributed by atoms with Gasteiger partial charge in [-0.2, -0.15) is 0 Å². The first-order valence-electron chi connectivity index (χ1n) is 7.56. The lowest BCUT2D eigenvalue weighted by molar-refractivity contribution is 0.150. The summed E-state index contributed by atoms with van der Waals surface area (Å²) in [6, 6.07) is 0. The van der Waals surface area contributed by atoms with Crippen molar-refractivity contribution in [3.05, 3.63) is 0 Å². The van der Waals surface area contributed by atoms with E-state index in [4.69, 9.17) is 0 Å². The van der Waals surface area contributed by atoms with Crippen molar-refractivity contribution in [2.45, 2.75) is 46.5 Å². The van der Waals surface area contributed by atoms with Crippen LogP contribution < -0.4 is 5.32 Å². The third kappa shape index (κ3) is 3.96. The highest BCUT2D eigenvalue weighted by Gasteiger charge is 2.42. The van der Waals surface area contributed by atoms with E-state index < -0.39 is 0 Å². The molecule has 1 heterocycles. The maximum absolute atomic E-state index is 3.58. The van der Waals surface area contributed by atoms with Gasteiger partial charge in [0.25, 0.3) is 0 Å². The fourth-order valence-electron chi connectivity index (χ4n) is 3.46. The minimum atomic E-state index is 0.723. The Morgan fingerprint density at radius 2 is 1.71 bits per heavy atom. The predicted molar refractivity (Wildman–Crippen MR) is 74.2 cm³/mol. The lowest BCUT2D eigenvalue weighted by atomic mass is 9.97. The highest BCUT2D eigenvalue weighted by molar-refractivity contribution is 4.95. The van der Waals surface area contributed by atoms with Crippen molar-refractivity contribution in [1.29, 1.82) is 0 Å². The van der Waals surface area contributed by atoms with Crippen LogP contribution in [0.1, 0.15) is 46.5 Å². The molecule has 0 bridgehead atoms. The molecule has 0 amide bonds. The molecule has 0 aromatic heterocycles. The molecule has 1 aliphatic carbocycles. The average molecular weight is 238 g/mol. The molecule has 2 aliphatic rings. The van der Waals surface area contributed by atoms with Crippen molar-refractivity contribution in [2.24, 2.45) is 17.3 Å². The Labute approximate surface area is 107 Å². The quantitative estimate of drug-likeness (QED) is 0.810. The van der Waals surface area contributed by atoms with Gasteiger partial charge >= 0.3 is 0 Å². The van der Waals surface area contributed by atoms with Gasteiger partial charge in [-0.15, -0.1) is 0 Å². The molecule has 0 aromatic carbocycles. The summed E-state index contributed by atoms with van der Waals surface area (Å²) in [4.78, 5) is 2.76. The van der Waals surface area contributed by atoms with Crippen LogP contribution in [0.5, 0.6) is 0 Å². The SMILES string of the molecule is CCCC1(CN2CC(C)CNCC(C)C2)CC1. The monoisotopic (exact) mass is 238 g/mol. The first kappa shape index (κ1) is 13.4. The standard InChI is InChI=1S/C15H30N2/c1-4-5-15(6-7-15)12-17-10-13(2)8-16-9-14(3)11-17/h13-14,16H,4-12H2,1-3H3. The van der Waals surface area contributed by atoms with Gasteiger partial charge in [0.2, 0.25) is 0 Å². The molecule has 2 fully saturated rings. The first-order chi connectivity index (χ1) is 8.13. The molecule has 1 aliphatic heterocycles. The van der Waals surface area contributed by atoms with Gasteiger partial charge in [-0.3, -0.25) is 0 Å². The van der Waals surface area contributed by atoms with Crippen LogP contribution in [0.4, 0.5) is 0 Å². The summed E-state index contributed by atoms with van der Waals surface area (Å²) in [5.41, 5.74) is 0.723. The molecule has 2 atom stereocenters. The molecule has 1 N–H and O–H groups in total. The molecule has 100 valence electrons. The summed E-state index contributed by atoms with van der Waals surface area (Å²) in [5.74, 6) is 1.61. The van der Waals surface area contributed by atoms with Crippen molar-refractivity contribution >= 4 is 0 Å². The molecular weight excluding hydrogens is 208 g/mol. The Kier molecular flexibility index (Phi) is 4.48. The first-order valence-corrected chi connectivity index (χ1v) is 7.56. The second-order valence-electron chi connectivity index (χ2n) is 6.81. The van der Waals surface area contributed by atoms with Crippen LogP contribution in [-0.4, -0.2) is 37.6 Å². The molecule has 2 rings (SSSR count). The number of nitrogens with zero attached hydrogens (tertiary/aromatic N) is 1. The van der Waals surface area contributed by atoms with E-state index in [2.05, 4.69) is 31.0 Å². The van der Waals surface area contributed by atoms with Crippen molar-refractivity contribution in [2.75, 3.05) is 32.7 Å². The maximum atomic E-state index is 3.58. The molecule has 2 nitrogen and oxygen atoms in total. The second-order valence-corrected chi connectivity index (χ2v) is 6.81. The van der Waals surface area contributed by atoms with Crippen molar-refractivity contribution in [3.63, 3.8) is 0 Å². The van der Waals surface area contributed by atoms with Crippen LogP contribution in [0.25, 0.3) is 0 Å². The summed E-state index contributed by atoms with van der Waals surface area (Å²) in [7, 11) is 0. The van der Waals surface area contributed by atoms with Crippen molar-refractivity contribution in [3.8, 4) is 0 Å². The molecule has 1 saturated carbocycles. The Morgan fingerprint density at radius 3 is 2.18 bits per heavy atom. The zero-order valence-corrected chi connectivity index (χ0v) is 12.0. The molecule has 0 radical (unpaired) electrons. The molecular formula is C15H30N2. The summed E-state index contributed by atoms with van der Waals surface area (Å²) >= 11 is 0. The van der Waals surface area contributed by atoms with Crippen LogP contribution in [0.3, 0.4) is 0 Å². The van der Waals surface area contributed by atoms with E-state index in [1.54, 1.807) is 0 Å². The largest absolute Gasteiger partial charge is 0.316 e. The Bertz CT molecular complexity index is 223. The van der Waals surface area contributed by atoms with E-state index in [1.165, 1.54) is 58.4 Å². The van der Waals surface area contributed by atoms with E-state index in [0.717, 1.165) is 17.3 Å². The minimum absolute atomic E-state index is 0.723. The van der Waals surface area contributed by atoms with Gasteiger partial charge in [0.1, 0.15) is 0 Å². The Morgan fingerprint density at radius 1 is 1.12 bits per heavy atom. The van der Waals surface area contributed by atoms with E-state index in [0.29, 0.717) is 0 Å². The normalized spacial score (nSPS) is 34.1. The molecule has 0 aromatic rings. The van der Waals surface area contributed by atoms with Crippen molar-refractivity contribution in [1.82, 2.24) is 10.2 Å². The molecule has 0 spiro atoms. The van der Waals surface area contributed by atoms with Crippen molar-refractivity contribution < 1.29 is 0 Å². The van der Waals surface area contributed by atoms with Gasteiger partial charge in [-0.25, -0.2) is 0 Å². The smallest absolute Gasteiger partial charge is 0.00382 e. The summed E-state index contributed by atoms with van der Waals surface area (Å²) in [5, 5.41) is 3.58. The highest BCUT2D eigenvalue weighted by atomic mass is 15.2. The zero-order chi connectivity index (χ0) is 12.3. The Balaban J connectivity index is 1.87. The van der Waals surface area contributed by atoms with E-state index in [9.17, 15) is 0 Å². The lowest BCUT2D eigenvalue weighted by Gasteiger charge is -2.34. The van der Waals surface area contributed by atoms with E-state index in [-0.39, 0.29) is 0 Å². The summed E-state index contributed by atoms with van der Waals surface area (Å²) in [6.07, 6.45) is 5.78.